The summed E-state index contributed by atoms with van der Waals surface area (Å²) in [6.45, 7) is 5.79. The number of hydrogen-bond donors (Lipinski definition) is 0. The lowest BCUT2D eigenvalue weighted by atomic mass is 9.97. The topological polar surface area (TPSA) is 59.1 Å². The van der Waals surface area contributed by atoms with Crippen molar-refractivity contribution in [2.75, 3.05) is 53.0 Å². The van der Waals surface area contributed by atoms with E-state index in [2.05, 4.69) is 20.8 Å². The molecule has 140 valence electrons. The number of rotatable bonds is 5. The molecule has 0 unspecified atom stereocenters. The lowest BCUT2D eigenvalue weighted by Gasteiger charge is -2.35. The summed E-state index contributed by atoms with van der Waals surface area (Å²) in [6, 6.07) is 4.91. The predicted octanol–water partition coefficient (Wildman–Crippen LogP) is 2.19. The molecule has 0 spiro atoms. The van der Waals surface area contributed by atoms with Gasteiger partial charge in [-0.1, -0.05) is 0 Å². The molecule has 2 aliphatic heterocycles. The van der Waals surface area contributed by atoms with Gasteiger partial charge < -0.3 is 9.47 Å². The highest BCUT2D eigenvalue weighted by Crippen LogP contribution is 2.30. The number of ether oxygens (including phenoxy) is 2. The Labute approximate surface area is 158 Å². The molecule has 0 amide bonds. The van der Waals surface area contributed by atoms with Gasteiger partial charge in [0, 0.05) is 32.7 Å². The van der Waals surface area contributed by atoms with Crippen molar-refractivity contribution in [2.24, 2.45) is 5.92 Å². The third kappa shape index (κ3) is 4.54. The largest absolute Gasteiger partial charge is 0.496 e. The molecule has 0 N–H and O–H groups in total. The summed E-state index contributed by atoms with van der Waals surface area (Å²) in [5.41, 5.74) is 0. The van der Waals surface area contributed by atoms with Crippen LogP contribution in [0.5, 0.6) is 5.75 Å². The van der Waals surface area contributed by atoms with Gasteiger partial charge in [0.15, 0.2) is 0 Å². The second-order valence-corrected chi connectivity index (χ2v) is 9.35. The standard InChI is InChI=1S/C17H25BrN2O4S/c1-23-17-3-2-15(12-16(17)18)25(21,22)20-6-4-14(5-7-20)13-19-8-10-24-11-9-19/h2-3,12,14H,4-11,13H2,1H3. The van der Waals surface area contributed by atoms with Crippen molar-refractivity contribution in [1.82, 2.24) is 9.21 Å². The monoisotopic (exact) mass is 432 g/mol. The number of morpholine rings is 1. The van der Waals surface area contributed by atoms with Crippen LogP contribution in [0.4, 0.5) is 0 Å². The Kier molecular flexibility index (Phi) is 6.38. The molecular formula is C17H25BrN2O4S. The summed E-state index contributed by atoms with van der Waals surface area (Å²) >= 11 is 3.36. The molecule has 2 saturated heterocycles. The predicted molar refractivity (Wildman–Crippen MR) is 99.4 cm³/mol. The van der Waals surface area contributed by atoms with E-state index >= 15 is 0 Å². The number of nitrogens with zero attached hydrogens (tertiary/aromatic N) is 2. The Morgan fingerprint density at radius 1 is 1.20 bits per heavy atom. The molecule has 0 atom stereocenters. The normalized spacial score (nSPS) is 21.4. The van der Waals surface area contributed by atoms with Gasteiger partial charge in [-0.2, -0.15) is 4.31 Å². The number of sulfonamides is 1. The molecule has 25 heavy (non-hydrogen) atoms. The number of benzene rings is 1. The number of methoxy groups -OCH3 is 1. The van der Waals surface area contributed by atoms with Crippen LogP contribution in [0.1, 0.15) is 12.8 Å². The summed E-state index contributed by atoms with van der Waals surface area (Å²) in [6.07, 6.45) is 1.82. The molecule has 8 heteroatoms. The Morgan fingerprint density at radius 3 is 2.48 bits per heavy atom. The first kappa shape index (κ1) is 19.1. The first-order valence-corrected chi connectivity index (χ1v) is 10.9. The van der Waals surface area contributed by atoms with Crippen molar-refractivity contribution in [3.05, 3.63) is 22.7 Å². The van der Waals surface area contributed by atoms with Gasteiger partial charge in [-0.25, -0.2) is 8.42 Å². The van der Waals surface area contributed by atoms with E-state index < -0.39 is 10.0 Å². The average molecular weight is 433 g/mol. The third-order valence-corrected chi connectivity index (χ3v) is 7.47. The van der Waals surface area contributed by atoms with E-state index in [4.69, 9.17) is 9.47 Å². The number of hydrogen-bond acceptors (Lipinski definition) is 5. The molecular weight excluding hydrogens is 408 g/mol. The lowest BCUT2D eigenvalue weighted by Crippen LogP contribution is -2.44. The summed E-state index contributed by atoms with van der Waals surface area (Å²) < 4.78 is 38.6. The molecule has 0 aliphatic carbocycles. The van der Waals surface area contributed by atoms with Crippen molar-refractivity contribution in [2.45, 2.75) is 17.7 Å². The molecule has 3 rings (SSSR count). The smallest absolute Gasteiger partial charge is 0.243 e. The Balaban J connectivity index is 1.60. The maximum Gasteiger partial charge on any atom is 0.243 e. The van der Waals surface area contributed by atoms with Gasteiger partial charge in [0.2, 0.25) is 10.0 Å². The zero-order chi connectivity index (χ0) is 17.9. The van der Waals surface area contributed by atoms with Crippen LogP contribution in [0.15, 0.2) is 27.6 Å². The summed E-state index contributed by atoms with van der Waals surface area (Å²) in [5, 5.41) is 0. The molecule has 0 aromatic heterocycles. The number of halogens is 1. The van der Waals surface area contributed by atoms with Gasteiger partial charge >= 0.3 is 0 Å². The van der Waals surface area contributed by atoms with Crippen molar-refractivity contribution in [1.29, 1.82) is 0 Å². The van der Waals surface area contributed by atoms with Crippen molar-refractivity contribution in [3.63, 3.8) is 0 Å². The van der Waals surface area contributed by atoms with Crippen LogP contribution in [0.25, 0.3) is 0 Å². The van der Waals surface area contributed by atoms with Crippen LogP contribution < -0.4 is 4.74 Å². The van der Waals surface area contributed by atoms with Gasteiger partial charge in [0.25, 0.3) is 0 Å². The van der Waals surface area contributed by atoms with Crippen molar-refractivity contribution in [3.8, 4) is 5.75 Å². The van der Waals surface area contributed by atoms with Gasteiger partial charge in [-0.15, -0.1) is 0 Å². The second-order valence-electron chi connectivity index (χ2n) is 6.56. The van der Waals surface area contributed by atoms with Crippen molar-refractivity contribution >= 4 is 26.0 Å². The van der Waals surface area contributed by atoms with Crippen LogP contribution in [-0.4, -0.2) is 70.7 Å². The highest BCUT2D eigenvalue weighted by Gasteiger charge is 2.30. The van der Waals surface area contributed by atoms with Crippen LogP contribution in [-0.2, 0) is 14.8 Å². The minimum Gasteiger partial charge on any atom is -0.496 e. The maximum atomic E-state index is 12.9. The van der Waals surface area contributed by atoms with E-state index in [0.717, 1.165) is 45.7 Å². The second kappa shape index (κ2) is 8.35. The van der Waals surface area contributed by atoms with E-state index in [0.29, 0.717) is 34.1 Å². The van der Waals surface area contributed by atoms with Crippen molar-refractivity contribution < 1.29 is 17.9 Å². The van der Waals surface area contributed by atoms with Crippen LogP contribution in [0, 0.1) is 5.92 Å². The van der Waals surface area contributed by atoms with E-state index in [1.807, 2.05) is 0 Å². The Bertz CT molecular complexity index is 684. The summed E-state index contributed by atoms with van der Waals surface area (Å²) in [4.78, 5) is 2.74. The molecule has 2 heterocycles. The van der Waals surface area contributed by atoms with Gasteiger partial charge in [0.1, 0.15) is 5.75 Å². The Morgan fingerprint density at radius 2 is 1.88 bits per heavy atom. The first-order chi connectivity index (χ1) is 12.0. The quantitative estimate of drug-likeness (QED) is 0.713. The minimum absolute atomic E-state index is 0.312. The maximum absolute atomic E-state index is 12.9. The van der Waals surface area contributed by atoms with Gasteiger partial charge in [-0.3, -0.25) is 4.90 Å². The zero-order valence-corrected chi connectivity index (χ0v) is 16.9. The zero-order valence-electron chi connectivity index (χ0n) is 14.5. The fraction of sp³-hybridized carbons (Fsp3) is 0.647. The van der Waals surface area contributed by atoms with E-state index in [1.165, 1.54) is 0 Å². The summed E-state index contributed by atoms with van der Waals surface area (Å²) in [5.74, 6) is 1.19. The minimum atomic E-state index is -3.45. The molecule has 2 aliphatic rings. The highest BCUT2D eigenvalue weighted by molar-refractivity contribution is 9.10. The van der Waals surface area contributed by atoms with Crippen LogP contribution >= 0.6 is 15.9 Å². The van der Waals surface area contributed by atoms with Crippen LogP contribution in [0.3, 0.4) is 0 Å². The van der Waals surface area contributed by atoms with E-state index in [9.17, 15) is 8.42 Å². The third-order valence-electron chi connectivity index (χ3n) is 4.95. The Hall–Kier alpha value is -0.670. The van der Waals surface area contributed by atoms with E-state index in [1.54, 1.807) is 29.6 Å². The molecule has 0 bridgehead atoms. The summed E-state index contributed by atoms with van der Waals surface area (Å²) in [7, 11) is -1.89. The van der Waals surface area contributed by atoms with Gasteiger partial charge in [-0.05, 0) is 52.9 Å². The number of piperidine rings is 1. The molecule has 2 fully saturated rings. The van der Waals surface area contributed by atoms with Gasteiger partial charge in [0.05, 0.1) is 29.7 Å². The fourth-order valence-corrected chi connectivity index (χ4v) is 5.63. The fourth-order valence-electron chi connectivity index (χ4n) is 3.44. The lowest BCUT2D eigenvalue weighted by molar-refractivity contribution is 0.0269. The molecule has 6 nitrogen and oxygen atoms in total. The highest BCUT2D eigenvalue weighted by atomic mass is 79.9. The van der Waals surface area contributed by atoms with Crippen LogP contribution in [0.2, 0.25) is 0 Å². The molecule has 1 aromatic rings. The average Bonchev–Trinajstić information content (AvgIpc) is 2.63. The first-order valence-electron chi connectivity index (χ1n) is 8.64. The van der Waals surface area contributed by atoms with E-state index in [-0.39, 0.29) is 0 Å². The molecule has 1 aromatic carbocycles. The SMILES string of the molecule is COc1ccc(S(=O)(=O)N2CCC(CN3CCOCC3)CC2)cc1Br. The molecule has 0 saturated carbocycles. The molecule has 0 radical (unpaired) electrons.